The van der Waals surface area contributed by atoms with Gasteiger partial charge < -0.3 is 9.67 Å². The Morgan fingerprint density at radius 1 is 1.12 bits per heavy atom. The van der Waals surface area contributed by atoms with Crippen molar-refractivity contribution >= 4 is 40.1 Å². The van der Waals surface area contributed by atoms with Crippen molar-refractivity contribution < 1.29 is 23.1 Å². The van der Waals surface area contributed by atoms with Gasteiger partial charge in [-0.3, -0.25) is 4.98 Å². The number of benzene rings is 2. The Morgan fingerprint density at radius 3 is 2.41 bits per heavy atom. The molecule has 0 aliphatic carbocycles. The molecule has 0 saturated heterocycles. The van der Waals surface area contributed by atoms with Crippen LogP contribution in [0, 0.1) is 11.3 Å². The Balaban J connectivity index is 1.74. The summed E-state index contributed by atoms with van der Waals surface area (Å²) in [5.74, 6) is -1.06. The minimum Gasteiger partial charge on any atom is -0.478 e. The Labute approximate surface area is 197 Å². The van der Waals surface area contributed by atoms with E-state index in [0.29, 0.717) is 27.3 Å². The van der Waals surface area contributed by atoms with Crippen molar-refractivity contribution in [1.82, 2.24) is 9.55 Å². The van der Waals surface area contributed by atoms with Crippen LogP contribution in [-0.2, 0) is 12.7 Å². The summed E-state index contributed by atoms with van der Waals surface area (Å²) in [5.41, 5.74) is 2.01. The Hall–Kier alpha value is -4.09. The first-order chi connectivity index (χ1) is 16.2. The maximum absolute atomic E-state index is 12.8. The van der Waals surface area contributed by atoms with Crippen LogP contribution < -0.4 is 0 Å². The molecule has 0 atom stereocenters. The second-order valence-corrected chi connectivity index (χ2v) is 7.91. The van der Waals surface area contributed by atoms with Gasteiger partial charge in [-0.15, -0.1) is 0 Å². The van der Waals surface area contributed by atoms with Crippen LogP contribution in [-0.4, -0.2) is 20.6 Å². The van der Waals surface area contributed by atoms with Gasteiger partial charge in [0.05, 0.1) is 22.7 Å². The highest BCUT2D eigenvalue weighted by molar-refractivity contribution is 6.31. The summed E-state index contributed by atoms with van der Waals surface area (Å²) in [6.45, 7) is 0.241. The van der Waals surface area contributed by atoms with Gasteiger partial charge >= 0.3 is 12.1 Å². The average Bonchev–Trinajstić information content (AvgIpc) is 3.13. The predicted molar refractivity (Wildman–Crippen MR) is 122 cm³/mol. The number of nitrogens with zero attached hydrogens (tertiary/aromatic N) is 3. The molecule has 0 bridgehead atoms. The van der Waals surface area contributed by atoms with Crippen molar-refractivity contribution in [2.75, 3.05) is 0 Å². The number of allylic oxidation sites excluding steroid dienone is 1. The fourth-order valence-corrected chi connectivity index (χ4v) is 3.72. The largest absolute Gasteiger partial charge is 0.478 e. The highest BCUT2D eigenvalue weighted by Crippen LogP contribution is 2.30. The van der Waals surface area contributed by atoms with Crippen molar-refractivity contribution in [2.45, 2.75) is 12.7 Å². The van der Waals surface area contributed by atoms with Gasteiger partial charge in [0.25, 0.3) is 0 Å². The molecule has 0 amide bonds. The molecule has 5 nitrogen and oxygen atoms in total. The third-order valence-electron chi connectivity index (χ3n) is 5.21. The number of nitriles is 1. The molecule has 2 aromatic heterocycles. The van der Waals surface area contributed by atoms with Crippen LogP contribution in [0.3, 0.4) is 0 Å². The average molecular weight is 482 g/mol. The predicted octanol–water partition coefficient (Wildman–Crippen LogP) is 6.52. The Bertz CT molecular complexity index is 1450. The first kappa shape index (κ1) is 23.1. The summed E-state index contributed by atoms with van der Waals surface area (Å²) in [7, 11) is 0. The van der Waals surface area contributed by atoms with Crippen LogP contribution in [0.2, 0.25) is 5.02 Å². The van der Waals surface area contributed by atoms with Crippen LogP contribution >= 0.6 is 11.6 Å². The molecule has 9 heteroatoms. The molecule has 170 valence electrons. The van der Waals surface area contributed by atoms with Crippen molar-refractivity contribution in [3.05, 3.63) is 100.0 Å². The van der Waals surface area contributed by atoms with Gasteiger partial charge in [0.1, 0.15) is 5.69 Å². The lowest BCUT2D eigenvalue weighted by molar-refractivity contribution is -0.141. The maximum atomic E-state index is 12.8. The lowest BCUT2D eigenvalue weighted by Crippen LogP contribution is -2.08. The lowest BCUT2D eigenvalue weighted by atomic mass is 10.0. The first-order valence-electron chi connectivity index (χ1n) is 9.92. The van der Waals surface area contributed by atoms with Crippen LogP contribution in [0.1, 0.15) is 32.7 Å². The minimum atomic E-state index is -4.51. The molecule has 1 N–H and O–H groups in total. The summed E-state index contributed by atoms with van der Waals surface area (Å²) >= 11 is 6.18. The number of carboxylic acids is 1. The van der Waals surface area contributed by atoms with E-state index in [1.807, 2.05) is 4.57 Å². The molecule has 2 aromatic carbocycles. The molecule has 34 heavy (non-hydrogen) atoms. The minimum absolute atomic E-state index is 0.109. The number of pyridine rings is 1. The molecule has 0 unspecified atom stereocenters. The number of carbonyl (C=O) groups is 1. The second-order valence-electron chi connectivity index (χ2n) is 7.48. The monoisotopic (exact) mass is 481 g/mol. The smallest absolute Gasteiger partial charge is 0.433 e. The molecule has 0 aliphatic heterocycles. The zero-order chi connectivity index (χ0) is 24.5. The fraction of sp³-hybridized carbons (Fsp3) is 0.0800. The lowest BCUT2D eigenvalue weighted by Gasteiger charge is -2.08. The fourth-order valence-electron chi connectivity index (χ4n) is 3.55. The molecule has 4 aromatic rings. The number of rotatable bonds is 5. The van der Waals surface area contributed by atoms with E-state index in [0.717, 1.165) is 17.0 Å². The van der Waals surface area contributed by atoms with Crippen LogP contribution in [0.25, 0.3) is 22.6 Å². The molecular weight excluding hydrogens is 467 g/mol. The van der Waals surface area contributed by atoms with Crippen LogP contribution in [0.15, 0.2) is 67.0 Å². The first-order valence-corrected chi connectivity index (χ1v) is 10.3. The summed E-state index contributed by atoms with van der Waals surface area (Å²) in [6, 6.07) is 15.6. The zero-order valence-electron chi connectivity index (χ0n) is 17.3. The highest BCUT2D eigenvalue weighted by Gasteiger charge is 2.32. The van der Waals surface area contributed by atoms with E-state index in [2.05, 4.69) is 11.1 Å². The topological polar surface area (TPSA) is 78.9 Å². The molecule has 0 spiro atoms. The van der Waals surface area contributed by atoms with E-state index in [1.165, 1.54) is 24.4 Å². The van der Waals surface area contributed by atoms with Crippen molar-refractivity contribution in [3.63, 3.8) is 0 Å². The number of hydrogen-bond donors (Lipinski definition) is 1. The summed E-state index contributed by atoms with van der Waals surface area (Å²) in [5, 5.41) is 20.1. The molecule has 2 heterocycles. The van der Waals surface area contributed by atoms with E-state index in [1.54, 1.807) is 42.6 Å². The zero-order valence-corrected chi connectivity index (χ0v) is 18.1. The van der Waals surface area contributed by atoms with Gasteiger partial charge in [-0.05, 0) is 47.5 Å². The van der Waals surface area contributed by atoms with E-state index in [4.69, 9.17) is 16.7 Å². The number of fused-ring (bicyclic) bond motifs is 1. The van der Waals surface area contributed by atoms with Crippen molar-refractivity contribution in [2.24, 2.45) is 0 Å². The van der Waals surface area contributed by atoms with Gasteiger partial charge in [-0.25, -0.2) is 4.79 Å². The summed E-state index contributed by atoms with van der Waals surface area (Å²) < 4.78 is 40.3. The number of carboxylic acid groups (broad SMARTS) is 1. The van der Waals surface area contributed by atoms with E-state index in [-0.39, 0.29) is 12.1 Å². The standard InChI is InChI=1S/C25H15ClF3N3O2/c26-20-6-7-21-19(9-18(11-30)16-2-4-17(5-3-16)24(33)34)14-32(22(21)10-20)13-15-1-8-23(31-12-15)25(27,28)29/h1-10,12,14H,13H2,(H,33,34)/b18-9+. The van der Waals surface area contributed by atoms with Crippen molar-refractivity contribution in [3.8, 4) is 6.07 Å². The van der Waals surface area contributed by atoms with Gasteiger partial charge in [-0.1, -0.05) is 35.9 Å². The quantitative estimate of drug-likeness (QED) is 0.329. The van der Waals surface area contributed by atoms with Gasteiger partial charge in [-0.2, -0.15) is 18.4 Å². The summed E-state index contributed by atoms with van der Waals surface area (Å²) in [4.78, 5) is 14.6. The maximum Gasteiger partial charge on any atom is 0.433 e. The molecule has 0 saturated carbocycles. The number of aromatic carboxylic acids is 1. The summed E-state index contributed by atoms with van der Waals surface area (Å²) in [6.07, 6.45) is 0.120. The van der Waals surface area contributed by atoms with Crippen molar-refractivity contribution in [1.29, 1.82) is 5.26 Å². The van der Waals surface area contributed by atoms with Crippen LogP contribution in [0.5, 0.6) is 0 Å². The van der Waals surface area contributed by atoms with E-state index < -0.39 is 17.8 Å². The van der Waals surface area contributed by atoms with E-state index in [9.17, 15) is 23.2 Å². The number of aromatic nitrogens is 2. The Kier molecular flexibility index (Phi) is 6.14. The van der Waals surface area contributed by atoms with Gasteiger partial charge in [0, 0.05) is 34.9 Å². The van der Waals surface area contributed by atoms with Crippen LogP contribution in [0.4, 0.5) is 13.2 Å². The normalized spacial score (nSPS) is 12.0. The molecule has 0 fully saturated rings. The van der Waals surface area contributed by atoms with Gasteiger partial charge in [0.2, 0.25) is 0 Å². The SMILES string of the molecule is N#C/C(=C\c1cn(Cc2ccc(C(F)(F)F)nc2)c2cc(Cl)ccc12)c1ccc(C(=O)O)cc1. The third-order valence-corrected chi connectivity index (χ3v) is 5.44. The van der Waals surface area contributed by atoms with E-state index >= 15 is 0 Å². The molecular formula is C25H15ClF3N3O2. The second kappa shape index (κ2) is 9.04. The highest BCUT2D eigenvalue weighted by atomic mass is 35.5. The van der Waals surface area contributed by atoms with Gasteiger partial charge in [0.15, 0.2) is 0 Å². The third kappa shape index (κ3) is 4.80. The molecule has 4 rings (SSSR count). The number of hydrogen-bond acceptors (Lipinski definition) is 3. The molecule has 0 aliphatic rings. The molecule has 0 radical (unpaired) electrons. The number of alkyl halides is 3. The number of halogens is 4. The Morgan fingerprint density at radius 2 is 1.82 bits per heavy atom.